The molecule has 0 atom stereocenters. The Morgan fingerprint density at radius 1 is 0.640 bits per heavy atom. The number of nitrogens with zero attached hydrogens (tertiary/aromatic N) is 5. The molecule has 0 aliphatic carbocycles. The first-order chi connectivity index (χ1) is 24.1. The van der Waals surface area contributed by atoms with Gasteiger partial charge in [0, 0.05) is 63.3 Å². The van der Waals surface area contributed by atoms with Crippen molar-refractivity contribution in [3.05, 3.63) is 176 Å². The number of fused-ring (bicyclic) bond motifs is 4. The summed E-state index contributed by atoms with van der Waals surface area (Å²) in [7, 11) is 2.08. The van der Waals surface area contributed by atoms with Crippen molar-refractivity contribution in [2.24, 2.45) is 7.05 Å². The van der Waals surface area contributed by atoms with E-state index in [0.29, 0.717) is 0 Å². The monoisotopic (exact) mass is 825 g/mol. The largest absolute Gasteiger partial charge is 0.358 e. The predicted octanol–water partition coefficient (Wildman–Crippen LogP) is 10.8. The summed E-state index contributed by atoms with van der Waals surface area (Å²) in [6.45, 7) is 2.15. The van der Waals surface area contributed by atoms with E-state index in [9.17, 15) is 0 Å². The zero-order valence-corrected chi connectivity index (χ0v) is 29.8. The minimum Gasteiger partial charge on any atom is -0.358 e. The Morgan fingerprint density at radius 2 is 1.36 bits per heavy atom. The molecule has 0 saturated heterocycles. The molecule has 0 saturated carbocycles. The molecular formula is C44H32N5Pt-. The molecule has 9 rings (SSSR count). The maximum absolute atomic E-state index is 4.92. The number of anilines is 3. The Hall–Kier alpha value is -5.77. The van der Waals surface area contributed by atoms with Gasteiger partial charge < -0.3 is 9.47 Å². The smallest absolute Gasteiger partial charge is 0.188 e. The summed E-state index contributed by atoms with van der Waals surface area (Å²) >= 11 is 0. The van der Waals surface area contributed by atoms with Crippen LogP contribution >= 0.6 is 0 Å². The van der Waals surface area contributed by atoms with Gasteiger partial charge in [0.1, 0.15) is 5.82 Å². The van der Waals surface area contributed by atoms with Crippen LogP contribution in [0.5, 0.6) is 0 Å². The molecule has 50 heavy (non-hydrogen) atoms. The molecule has 0 bridgehead atoms. The fourth-order valence-corrected chi connectivity index (χ4v) is 7.01. The van der Waals surface area contributed by atoms with Gasteiger partial charge in [-0.2, -0.15) is 12.1 Å². The number of hydrogen-bond donors (Lipinski definition) is 0. The van der Waals surface area contributed by atoms with Crippen LogP contribution in [0.1, 0.15) is 5.56 Å². The Kier molecular flexibility index (Phi) is 8.14. The Balaban J connectivity index is 0.00000361. The van der Waals surface area contributed by atoms with E-state index in [4.69, 9.17) is 4.98 Å². The predicted molar refractivity (Wildman–Crippen MR) is 201 cm³/mol. The summed E-state index contributed by atoms with van der Waals surface area (Å²) in [6.07, 6.45) is 4.02. The van der Waals surface area contributed by atoms with E-state index in [-0.39, 0.29) is 21.1 Å². The van der Waals surface area contributed by atoms with Crippen molar-refractivity contribution in [3.8, 4) is 22.6 Å². The summed E-state index contributed by atoms with van der Waals surface area (Å²) in [5.41, 5.74) is 11.7. The van der Waals surface area contributed by atoms with Crippen LogP contribution in [0.15, 0.2) is 158 Å². The van der Waals surface area contributed by atoms with Gasteiger partial charge in [-0.15, -0.1) is 29.7 Å². The van der Waals surface area contributed by atoms with Crippen LogP contribution in [0.25, 0.3) is 55.5 Å². The van der Waals surface area contributed by atoms with Gasteiger partial charge in [0.2, 0.25) is 0 Å². The van der Waals surface area contributed by atoms with Crippen LogP contribution in [0.4, 0.5) is 17.1 Å². The summed E-state index contributed by atoms with van der Waals surface area (Å²) in [4.78, 5) is 7.15. The quantitative estimate of drug-likeness (QED) is 0.156. The van der Waals surface area contributed by atoms with E-state index in [0.717, 1.165) is 67.0 Å². The average molecular weight is 826 g/mol. The molecule has 6 heteroatoms. The molecule has 0 fully saturated rings. The number of rotatable bonds is 6. The molecule has 0 radical (unpaired) electrons. The molecule has 244 valence electrons. The molecule has 0 unspecified atom stereocenters. The molecule has 0 aliphatic rings. The molecule has 0 spiro atoms. The normalized spacial score (nSPS) is 11.2. The third kappa shape index (κ3) is 5.31. The van der Waals surface area contributed by atoms with Crippen LogP contribution in [0.3, 0.4) is 0 Å². The Labute approximate surface area is 305 Å². The standard InChI is InChI=1S/C44H32N5.Pt/c1-31-13-6-7-18-37(31)32-25-26-45-44(27-32)49-40-20-9-8-19-38(40)39-24-23-36(29-43(39)49)48(33-14-4-3-5-15-33)35-17-12-16-34(28-35)47-30-46(2)41-21-10-11-22-42(41)47;/h3-27,30H,1-2H3;/q-1;. The number of aryl methyl sites for hydroxylation is 2. The first kappa shape index (κ1) is 31.5. The van der Waals surface area contributed by atoms with Crippen molar-refractivity contribution in [2.75, 3.05) is 4.90 Å². The van der Waals surface area contributed by atoms with Gasteiger partial charge in [0.25, 0.3) is 0 Å². The van der Waals surface area contributed by atoms with E-state index < -0.39 is 0 Å². The SMILES string of the molecule is Cc1ccccc1-c1ccnc(-n2c3[c-]c(N(c4[c-]c(-n5[cH+]n(C)c6ccccc65)ccc4)c4ccccc4)ccc3c3ccccc32)c1.[Pt]. The minimum atomic E-state index is 0. The van der Waals surface area contributed by atoms with Crippen molar-refractivity contribution in [1.82, 2.24) is 18.7 Å². The van der Waals surface area contributed by atoms with Crippen molar-refractivity contribution >= 4 is 49.9 Å². The van der Waals surface area contributed by atoms with Crippen LogP contribution in [-0.2, 0) is 28.1 Å². The third-order valence-electron chi connectivity index (χ3n) is 9.33. The number of benzene rings is 6. The molecule has 5 nitrogen and oxygen atoms in total. The maximum atomic E-state index is 4.92. The second kappa shape index (κ2) is 12.9. The van der Waals surface area contributed by atoms with Crippen molar-refractivity contribution in [3.63, 3.8) is 0 Å². The van der Waals surface area contributed by atoms with Gasteiger partial charge in [-0.3, -0.25) is 0 Å². The van der Waals surface area contributed by atoms with Gasteiger partial charge in [0.05, 0.1) is 0 Å². The van der Waals surface area contributed by atoms with Crippen LogP contribution in [-0.4, -0.2) is 18.7 Å². The van der Waals surface area contributed by atoms with Crippen LogP contribution in [0.2, 0.25) is 0 Å². The van der Waals surface area contributed by atoms with E-state index in [1.54, 1.807) is 0 Å². The fraction of sp³-hybridized carbons (Fsp3) is 0.0455. The van der Waals surface area contributed by atoms with E-state index >= 15 is 0 Å². The second-order valence-electron chi connectivity index (χ2n) is 12.4. The van der Waals surface area contributed by atoms with Crippen LogP contribution < -0.4 is 4.90 Å². The minimum absolute atomic E-state index is 0. The molecule has 3 aromatic heterocycles. The molecular weight excluding hydrogens is 794 g/mol. The molecule has 0 aliphatic heterocycles. The zero-order chi connectivity index (χ0) is 32.9. The number of aromatic nitrogens is 4. The molecule has 6 aromatic carbocycles. The van der Waals surface area contributed by atoms with E-state index in [1.807, 2.05) is 12.3 Å². The first-order valence-electron chi connectivity index (χ1n) is 16.5. The first-order valence-corrected chi connectivity index (χ1v) is 16.5. The topological polar surface area (TPSA) is 30.9 Å². The van der Waals surface area contributed by atoms with Gasteiger partial charge in [0.15, 0.2) is 17.4 Å². The van der Waals surface area contributed by atoms with Gasteiger partial charge in [-0.1, -0.05) is 83.6 Å². The number of imidazole rings is 1. The van der Waals surface area contributed by atoms with Crippen molar-refractivity contribution in [1.29, 1.82) is 0 Å². The number of pyridine rings is 1. The summed E-state index contributed by atoms with van der Waals surface area (Å²) in [6, 6.07) is 58.5. The number of para-hydroxylation sites is 4. The zero-order valence-electron chi connectivity index (χ0n) is 27.6. The third-order valence-corrected chi connectivity index (χ3v) is 9.33. The van der Waals surface area contributed by atoms with Crippen LogP contribution in [0, 0.1) is 19.1 Å². The van der Waals surface area contributed by atoms with Crippen molar-refractivity contribution in [2.45, 2.75) is 6.92 Å². The molecule has 0 amide bonds. The molecule has 3 heterocycles. The van der Waals surface area contributed by atoms with Crippen molar-refractivity contribution < 1.29 is 21.1 Å². The molecule has 9 aromatic rings. The van der Waals surface area contributed by atoms with Gasteiger partial charge in [-0.05, 0) is 71.5 Å². The maximum Gasteiger partial charge on any atom is 0.188 e. The average Bonchev–Trinajstić information content (AvgIpc) is 3.67. The molecule has 0 N–H and O–H groups in total. The van der Waals surface area contributed by atoms with E-state index in [1.165, 1.54) is 11.1 Å². The summed E-state index contributed by atoms with van der Waals surface area (Å²) < 4.78 is 6.58. The second-order valence-corrected chi connectivity index (χ2v) is 12.4. The number of hydrogen-bond acceptors (Lipinski definition) is 2. The van der Waals surface area contributed by atoms with Gasteiger partial charge >= 0.3 is 0 Å². The fourth-order valence-electron chi connectivity index (χ4n) is 7.01. The Bertz CT molecular complexity index is 2650. The summed E-state index contributed by atoms with van der Waals surface area (Å²) in [5, 5.41) is 2.29. The Morgan fingerprint density at radius 3 is 2.20 bits per heavy atom. The summed E-state index contributed by atoms with van der Waals surface area (Å²) in [5.74, 6) is 0.854. The van der Waals surface area contributed by atoms with Gasteiger partial charge in [-0.25, -0.2) is 14.1 Å². The van der Waals surface area contributed by atoms with E-state index in [2.05, 4.69) is 191 Å².